The third-order valence-electron chi connectivity index (χ3n) is 2.06. The maximum Gasteiger partial charge on any atom is 0.0319 e. The molecule has 0 bridgehead atoms. The Bertz CT molecular complexity index is 287. The zero-order valence-electron chi connectivity index (χ0n) is 10.9. The summed E-state index contributed by atoms with van der Waals surface area (Å²) >= 11 is 0. The number of aliphatic hydroxyl groups excluding tert-OH is 1. The Kier molecular flexibility index (Phi) is 10.3. The maximum absolute atomic E-state index is 7.00. The van der Waals surface area contributed by atoms with Crippen LogP contribution in [0.15, 0.2) is 24.8 Å². The molecule has 15 heavy (non-hydrogen) atoms. The van der Waals surface area contributed by atoms with E-state index in [2.05, 4.69) is 38.6 Å². The first-order valence-electron chi connectivity index (χ1n) is 5.29. The number of benzene rings is 1. The Morgan fingerprint density at radius 2 is 1.60 bits per heavy atom. The minimum Gasteiger partial charge on any atom is -0.400 e. The minimum atomic E-state index is 1.00. The van der Waals surface area contributed by atoms with Gasteiger partial charge in [0.2, 0.25) is 0 Å². The molecule has 0 heterocycles. The Morgan fingerprint density at radius 1 is 1.13 bits per heavy atom. The molecule has 0 saturated carbocycles. The van der Waals surface area contributed by atoms with Crippen LogP contribution in [0.1, 0.15) is 37.5 Å². The molecular formula is C14H24O. The molecule has 1 heteroatoms. The molecule has 1 aromatic rings. The normalized spacial score (nSPS) is 7.93. The van der Waals surface area contributed by atoms with E-state index in [-0.39, 0.29) is 0 Å². The largest absolute Gasteiger partial charge is 0.400 e. The summed E-state index contributed by atoms with van der Waals surface area (Å²) in [5.74, 6) is 0. The van der Waals surface area contributed by atoms with Crippen LogP contribution >= 0.6 is 0 Å². The Labute approximate surface area is 94.5 Å². The summed E-state index contributed by atoms with van der Waals surface area (Å²) in [6.07, 6.45) is 0. The van der Waals surface area contributed by atoms with Gasteiger partial charge in [-0.3, -0.25) is 0 Å². The summed E-state index contributed by atoms with van der Waals surface area (Å²) in [7, 11) is 1.00. The number of hydrogen-bond donors (Lipinski definition) is 1. The molecule has 0 aliphatic rings. The lowest BCUT2D eigenvalue weighted by Gasteiger charge is -2.06. The van der Waals surface area contributed by atoms with Crippen LogP contribution in [-0.4, -0.2) is 12.2 Å². The lowest BCUT2D eigenvalue weighted by atomic mass is 9.99. The molecular weight excluding hydrogens is 184 g/mol. The van der Waals surface area contributed by atoms with E-state index >= 15 is 0 Å². The van der Waals surface area contributed by atoms with Gasteiger partial charge in [0.15, 0.2) is 0 Å². The average molecular weight is 208 g/mol. The van der Waals surface area contributed by atoms with Crippen molar-refractivity contribution in [3.8, 4) is 0 Å². The molecule has 0 saturated heterocycles. The third-order valence-corrected chi connectivity index (χ3v) is 2.06. The molecule has 0 unspecified atom stereocenters. The molecule has 1 N–H and O–H groups in total. The second kappa shape index (κ2) is 9.47. The predicted octanol–water partition coefficient (Wildman–Crippen LogP) is 3.97. The second-order valence-electron chi connectivity index (χ2n) is 3.03. The van der Waals surface area contributed by atoms with Crippen LogP contribution < -0.4 is 0 Å². The first-order valence-corrected chi connectivity index (χ1v) is 5.29. The summed E-state index contributed by atoms with van der Waals surface area (Å²) in [5.41, 5.74) is 5.11. The fourth-order valence-corrected chi connectivity index (χ4v) is 1.21. The Morgan fingerprint density at radius 3 is 1.93 bits per heavy atom. The highest BCUT2D eigenvalue weighted by molar-refractivity contribution is 5.65. The van der Waals surface area contributed by atoms with E-state index in [4.69, 9.17) is 5.11 Å². The molecule has 0 aliphatic carbocycles. The van der Waals surface area contributed by atoms with Crippen LogP contribution in [0.5, 0.6) is 0 Å². The van der Waals surface area contributed by atoms with Gasteiger partial charge in [0, 0.05) is 7.11 Å². The van der Waals surface area contributed by atoms with Gasteiger partial charge >= 0.3 is 0 Å². The van der Waals surface area contributed by atoms with Crippen LogP contribution in [0.3, 0.4) is 0 Å². The van der Waals surface area contributed by atoms with Gasteiger partial charge in [-0.25, -0.2) is 0 Å². The average Bonchev–Trinajstić information content (AvgIpc) is 2.27. The number of rotatable bonds is 1. The van der Waals surface area contributed by atoms with Crippen molar-refractivity contribution in [2.24, 2.45) is 0 Å². The van der Waals surface area contributed by atoms with Gasteiger partial charge in [0.1, 0.15) is 0 Å². The summed E-state index contributed by atoms with van der Waals surface area (Å²) in [4.78, 5) is 0. The van der Waals surface area contributed by atoms with Crippen molar-refractivity contribution >= 4 is 5.57 Å². The van der Waals surface area contributed by atoms with Crippen LogP contribution in [-0.2, 0) is 0 Å². The fraction of sp³-hybridized carbons (Fsp3) is 0.429. The topological polar surface area (TPSA) is 20.2 Å². The quantitative estimate of drug-likeness (QED) is 0.740. The summed E-state index contributed by atoms with van der Waals surface area (Å²) in [6.45, 7) is 14.2. The van der Waals surface area contributed by atoms with Gasteiger partial charge in [-0.05, 0) is 37.5 Å². The fourth-order valence-electron chi connectivity index (χ4n) is 1.21. The second-order valence-corrected chi connectivity index (χ2v) is 3.03. The Hall–Kier alpha value is -1.08. The van der Waals surface area contributed by atoms with Crippen molar-refractivity contribution in [2.75, 3.05) is 7.11 Å². The highest BCUT2D eigenvalue weighted by Crippen LogP contribution is 2.18. The number of aliphatic hydroxyl groups is 1. The monoisotopic (exact) mass is 208 g/mol. The van der Waals surface area contributed by atoms with E-state index < -0.39 is 0 Å². The van der Waals surface area contributed by atoms with Crippen molar-refractivity contribution < 1.29 is 5.11 Å². The zero-order valence-corrected chi connectivity index (χ0v) is 10.9. The first-order chi connectivity index (χ1) is 7.13. The van der Waals surface area contributed by atoms with E-state index in [1.165, 1.54) is 16.7 Å². The van der Waals surface area contributed by atoms with E-state index in [1.54, 1.807) is 0 Å². The molecule has 0 fully saturated rings. The van der Waals surface area contributed by atoms with Crippen LogP contribution in [0, 0.1) is 13.8 Å². The molecule has 1 rings (SSSR count). The first kappa shape index (κ1) is 16.4. The van der Waals surface area contributed by atoms with Crippen molar-refractivity contribution in [3.05, 3.63) is 41.5 Å². The van der Waals surface area contributed by atoms with Gasteiger partial charge in [-0.15, -0.1) is 0 Å². The van der Waals surface area contributed by atoms with Crippen molar-refractivity contribution in [1.82, 2.24) is 0 Å². The zero-order chi connectivity index (χ0) is 12.4. The highest BCUT2D eigenvalue weighted by atomic mass is 16.2. The van der Waals surface area contributed by atoms with Crippen LogP contribution in [0.25, 0.3) is 5.57 Å². The molecule has 1 nitrogen and oxygen atoms in total. The van der Waals surface area contributed by atoms with E-state index in [9.17, 15) is 0 Å². The molecule has 0 atom stereocenters. The van der Waals surface area contributed by atoms with Crippen molar-refractivity contribution in [3.63, 3.8) is 0 Å². The van der Waals surface area contributed by atoms with Crippen molar-refractivity contribution in [2.45, 2.75) is 34.6 Å². The van der Waals surface area contributed by atoms with Crippen LogP contribution in [0.4, 0.5) is 0 Å². The highest BCUT2D eigenvalue weighted by Gasteiger charge is 1.99. The van der Waals surface area contributed by atoms with Gasteiger partial charge in [-0.1, -0.05) is 44.2 Å². The number of aryl methyl sites for hydroxylation is 1. The lowest BCUT2D eigenvalue weighted by molar-refractivity contribution is 0.399. The van der Waals surface area contributed by atoms with E-state index in [0.717, 1.165) is 12.7 Å². The summed E-state index contributed by atoms with van der Waals surface area (Å²) in [6, 6.07) is 6.32. The molecule has 0 aromatic heterocycles. The predicted molar refractivity (Wildman–Crippen MR) is 70.1 cm³/mol. The van der Waals surface area contributed by atoms with Gasteiger partial charge < -0.3 is 5.11 Å². The van der Waals surface area contributed by atoms with Gasteiger partial charge in [0.05, 0.1) is 0 Å². The van der Waals surface area contributed by atoms with Gasteiger partial charge in [0.25, 0.3) is 0 Å². The smallest absolute Gasteiger partial charge is 0.0319 e. The molecule has 0 spiro atoms. The van der Waals surface area contributed by atoms with Crippen molar-refractivity contribution in [1.29, 1.82) is 0 Å². The SMILES string of the molecule is C=C(C)c1cccc(C)c1C.CC.CO. The summed E-state index contributed by atoms with van der Waals surface area (Å²) < 4.78 is 0. The van der Waals surface area contributed by atoms with Gasteiger partial charge in [-0.2, -0.15) is 0 Å². The lowest BCUT2D eigenvalue weighted by Crippen LogP contribution is -1.87. The molecule has 0 radical (unpaired) electrons. The molecule has 1 aromatic carbocycles. The number of allylic oxidation sites excluding steroid dienone is 1. The maximum atomic E-state index is 7.00. The minimum absolute atomic E-state index is 1.00. The molecule has 86 valence electrons. The van der Waals surface area contributed by atoms with E-state index in [1.807, 2.05) is 20.8 Å². The summed E-state index contributed by atoms with van der Waals surface area (Å²) in [5, 5.41) is 7.00. The third kappa shape index (κ3) is 5.38. The molecule has 0 amide bonds. The molecule has 0 aliphatic heterocycles. The van der Waals surface area contributed by atoms with E-state index in [0.29, 0.717) is 0 Å². The Balaban J connectivity index is 0. The number of hydrogen-bond acceptors (Lipinski definition) is 1. The standard InChI is InChI=1S/C11H14.C2H6.CH4O/c1-8(2)11-7-5-6-9(3)10(11)4;2*1-2/h5-7H,1H2,2-4H3;1-2H3;2H,1H3. The van der Waals surface area contributed by atoms with Crippen LogP contribution in [0.2, 0.25) is 0 Å².